The number of amides is 1. The van der Waals surface area contributed by atoms with Crippen LogP contribution in [0.4, 0.5) is 0 Å². The Morgan fingerprint density at radius 1 is 1.55 bits per heavy atom. The number of hydrogen-bond acceptors (Lipinski definition) is 5. The van der Waals surface area contributed by atoms with Crippen LogP contribution in [0.15, 0.2) is 36.8 Å². The number of nitrogens with two attached hydrogens (primary N) is 1. The summed E-state index contributed by atoms with van der Waals surface area (Å²) in [5.74, 6) is 0.451. The summed E-state index contributed by atoms with van der Waals surface area (Å²) >= 11 is 0. The molecular formula is C13H17N5O2. The zero-order valence-electron chi connectivity index (χ0n) is 11.2. The van der Waals surface area contributed by atoms with E-state index in [9.17, 15) is 4.79 Å². The highest BCUT2D eigenvalue weighted by Crippen LogP contribution is 2.05. The van der Waals surface area contributed by atoms with Crippen LogP contribution < -0.4 is 11.1 Å². The highest BCUT2D eigenvalue weighted by atomic mass is 16.5. The maximum absolute atomic E-state index is 11.7. The van der Waals surface area contributed by atoms with Crippen LogP contribution in [0.5, 0.6) is 0 Å². The predicted molar refractivity (Wildman–Crippen MR) is 73.1 cm³/mol. The standard InChI is InChI=1S/C13H17N5O2/c1-20-9-11(14)13(19)16-8-10-3-5-15-12(7-10)18-6-2-4-17-18/h2-7,11H,8-9,14H2,1H3,(H,16,19). The van der Waals surface area contributed by atoms with Crippen molar-refractivity contribution >= 4 is 5.91 Å². The molecule has 2 heterocycles. The molecule has 7 nitrogen and oxygen atoms in total. The minimum atomic E-state index is -0.660. The first-order valence-corrected chi connectivity index (χ1v) is 6.18. The number of carbonyl (C=O) groups is 1. The first-order valence-electron chi connectivity index (χ1n) is 6.18. The van der Waals surface area contributed by atoms with Gasteiger partial charge in [0.2, 0.25) is 5.91 Å². The summed E-state index contributed by atoms with van der Waals surface area (Å²) in [7, 11) is 1.51. The number of nitrogens with zero attached hydrogens (tertiary/aromatic N) is 3. The van der Waals surface area contributed by atoms with Crippen molar-refractivity contribution in [3.63, 3.8) is 0 Å². The number of aromatic nitrogens is 3. The van der Waals surface area contributed by atoms with E-state index in [-0.39, 0.29) is 12.5 Å². The number of carbonyl (C=O) groups excluding carboxylic acids is 1. The SMILES string of the molecule is COCC(N)C(=O)NCc1ccnc(-n2cccn2)c1. The van der Waals surface area contributed by atoms with Crippen LogP contribution in [0, 0.1) is 0 Å². The molecule has 0 saturated heterocycles. The van der Waals surface area contributed by atoms with Gasteiger partial charge in [-0.3, -0.25) is 4.79 Å². The lowest BCUT2D eigenvalue weighted by molar-refractivity contribution is -0.123. The van der Waals surface area contributed by atoms with Crippen LogP contribution in [0.1, 0.15) is 5.56 Å². The minimum absolute atomic E-state index is 0.195. The van der Waals surface area contributed by atoms with Gasteiger partial charge in [0, 0.05) is 32.2 Å². The number of ether oxygens (including phenoxy) is 1. The zero-order valence-corrected chi connectivity index (χ0v) is 11.2. The molecule has 0 spiro atoms. The molecule has 0 aliphatic carbocycles. The van der Waals surface area contributed by atoms with Gasteiger partial charge in [-0.15, -0.1) is 0 Å². The van der Waals surface area contributed by atoms with E-state index in [2.05, 4.69) is 15.4 Å². The molecule has 0 aliphatic rings. The molecule has 0 aromatic carbocycles. The highest BCUT2D eigenvalue weighted by Gasteiger charge is 2.12. The van der Waals surface area contributed by atoms with Crippen LogP contribution >= 0.6 is 0 Å². The van der Waals surface area contributed by atoms with Gasteiger partial charge in [-0.05, 0) is 23.8 Å². The van der Waals surface area contributed by atoms with Crippen molar-refractivity contribution in [2.75, 3.05) is 13.7 Å². The molecule has 3 N–H and O–H groups in total. The third-order valence-corrected chi connectivity index (χ3v) is 2.70. The van der Waals surface area contributed by atoms with Gasteiger partial charge in [-0.2, -0.15) is 5.10 Å². The van der Waals surface area contributed by atoms with Crippen LogP contribution in [0.2, 0.25) is 0 Å². The van der Waals surface area contributed by atoms with E-state index < -0.39 is 6.04 Å². The molecule has 20 heavy (non-hydrogen) atoms. The molecule has 2 aromatic rings. The largest absolute Gasteiger partial charge is 0.383 e. The fraction of sp³-hybridized carbons (Fsp3) is 0.308. The van der Waals surface area contributed by atoms with Gasteiger partial charge >= 0.3 is 0 Å². The molecule has 0 radical (unpaired) electrons. The normalized spacial score (nSPS) is 12.1. The van der Waals surface area contributed by atoms with Crippen LogP contribution in [0.25, 0.3) is 5.82 Å². The van der Waals surface area contributed by atoms with E-state index >= 15 is 0 Å². The summed E-state index contributed by atoms with van der Waals surface area (Å²) in [6, 6.07) is 4.84. The molecule has 0 bridgehead atoms. The fourth-order valence-corrected chi connectivity index (χ4v) is 1.68. The van der Waals surface area contributed by atoms with Crippen molar-refractivity contribution in [1.82, 2.24) is 20.1 Å². The van der Waals surface area contributed by atoms with E-state index in [1.807, 2.05) is 18.2 Å². The maximum atomic E-state index is 11.7. The quantitative estimate of drug-likeness (QED) is 0.765. The van der Waals surface area contributed by atoms with E-state index in [0.717, 1.165) is 5.56 Å². The summed E-state index contributed by atoms with van der Waals surface area (Å²) in [5, 5.41) is 6.86. The minimum Gasteiger partial charge on any atom is -0.383 e. The summed E-state index contributed by atoms with van der Waals surface area (Å²) in [4.78, 5) is 15.9. The number of rotatable bonds is 6. The van der Waals surface area contributed by atoms with E-state index in [0.29, 0.717) is 12.4 Å². The fourth-order valence-electron chi connectivity index (χ4n) is 1.68. The van der Waals surface area contributed by atoms with Gasteiger partial charge in [-0.25, -0.2) is 9.67 Å². The highest BCUT2D eigenvalue weighted by molar-refractivity contribution is 5.81. The molecular weight excluding hydrogens is 258 g/mol. The molecule has 2 aromatic heterocycles. The first-order chi connectivity index (χ1) is 9.70. The summed E-state index contributed by atoms with van der Waals surface area (Å²) in [6.07, 6.45) is 5.16. The van der Waals surface area contributed by atoms with Crippen molar-refractivity contribution in [3.05, 3.63) is 42.4 Å². The van der Waals surface area contributed by atoms with Gasteiger partial charge in [0.1, 0.15) is 6.04 Å². The number of methoxy groups -OCH3 is 1. The molecule has 7 heteroatoms. The molecule has 0 aliphatic heterocycles. The Morgan fingerprint density at radius 3 is 3.10 bits per heavy atom. The van der Waals surface area contributed by atoms with Gasteiger partial charge in [0.15, 0.2) is 5.82 Å². The molecule has 1 atom stereocenters. The molecule has 1 unspecified atom stereocenters. The smallest absolute Gasteiger partial charge is 0.239 e. The van der Waals surface area contributed by atoms with Crippen LogP contribution in [0.3, 0.4) is 0 Å². The van der Waals surface area contributed by atoms with E-state index in [1.165, 1.54) is 7.11 Å². The Labute approximate surface area is 116 Å². The molecule has 1 amide bonds. The van der Waals surface area contributed by atoms with Gasteiger partial charge in [0.25, 0.3) is 0 Å². The van der Waals surface area contributed by atoms with Gasteiger partial charge < -0.3 is 15.8 Å². The monoisotopic (exact) mass is 275 g/mol. The topological polar surface area (TPSA) is 95.1 Å². The number of pyridine rings is 1. The Morgan fingerprint density at radius 2 is 2.40 bits per heavy atom. The summed E-state index contributed by atoms with van der Waals surface area (Å²) in [5.41, 5.74) is 6.56. The second-order valence-electron chi connectivity index (χ2n) is 4.25. The molecule has 0 fully saturated rings. The lowest BCUT2D eigenvalue weighted by atomic mass is 10.2. The summed E-state index contributed by atoms with van der Waals surface area (Å²) in [6.45, 7) is 0.577. The number of nitrogens with one attached hydrogen (secondary N) is 1. The Hall–Kier alpha value is -2.25. The van der Waals surface area contributed by atoms with E-state index in [1.54, 1.807) is 23.3 Å². The maximum Gasteiger partial charge on any atom is 0.239 e. The van der Waals surface area contributed by atoms with Crippen LogP contribution in [-0.4, -0.2) is 40.4 Å². The van der Waals surface area contributed by atoms with Crippen molar-refractivity contribution in [1.29, 1.82) is 0 Å². The zero-order chi connectivity index (χ0) is 14.4. The van der Waals surface area contributed by atoms with Gasteiger partial charge in [0.05, 0.1) is 6.61 Å². The average Bonchev–Trinajstić information content (AvgIpc) is 2.99. The van der Waals surface area contributed by atoms with Crippen molar-refractivity contribution in [2.45, 2.75) is 12.6 Å². The molecule has 106 valence electrons. The average molecular weight is 275 g/mol. The van der Waals surface area contributed by atoms with Crippen molar-refractivity contribution in [2.24, 2.45) is 5.73 Å². The van der Waals surface area contributed by atoms with Gasteiger partial charge in [-0.1, -0.05) is 0 Å². The third kappa shape index (κ3) is 3.62. The van der Waals surface area contributed by atoms with Crippen molar-refractivity contribution in [3.8, 4) is 5.82 Å². The summed E-state index contributed by atoms with van der Waals surface area (Å²) < 4.78 is 6.49. The lowest BCUT2D eigenvalue weighted by Gasteiger charge is -2.11. The predicted octanol–water partition coefficient (Wildman–Crippen LogP) is -0.143. The second kappa shape index (κ2) is 6.78. The lowest BCUT2D eigenvalue weighted by Crippen LogP contribution is -2.43. The third-order valence-electron chi connectivity index (χ3n) is 2.70. The van der Waals surface area contributed by atoms with Crippen molar-refractivity contribution < 1.29 is 9.53 Å². The molecule has 0 saturated carbocycles. The second-order valence-corrected chi connectivity index (χ2v) is 4.25. The van der Waals surface area contributed by atoms with E-state index in [4.69, 9.17) is 10.5 Å². The molecule has 2 rings (SSSR count). The van der Waals surface area contributed by atoms with Crippen LogP contribution in [-0.2, 0) is 16.1 Å². The Balaban J connectivity index is 1.97. The Kier molecular flexibility index (Phi) is 4.80. The first kappa shape index (κ1) is 14.2. The Bertz CT molecular complexity index is 556. The number of hydrogen-bond donors (Lipinski definition) is 2.